The Morgan fingerprint density at radius 2 is 2.00 bits per heavy atom. The standard InChI is InChI=1S/C25H29Cl2N7O/c1-16(19-6-5-18(26)11-20(19)27)34-25-24(21(12-28)31-34)29-13-23(30-25)33-10-7-22(17(14-33)15-35)32-8-3-2-4-9-32/h5-6,11,13,16-17,22,35H,2-4,7-10,14-15H2,1H3/t16-,17-,22-/m1/s1. The fourth-order valence-electron chi connectivity index (χ4n) is 5.51. The molecular weight excluding hydrogens is 485 g/mol. The summed E-state index contributed by atoms with van der Waals surface area (Å²) in [6, 6.07) is 7.61. The highest BCUT2D eigenvalue weighted by atomic mass is 35.5. The maximum atomic E-state index is 10.2. The molecule has 3 aromatic rings. The summed E-state index contributed by atoms with van der Waals surface area (Å²) in [6.45, 7) is 5.91. The van der Waals surface area contributed by atoms with E-state index in [1.807, 2.05) is 13.0 Å². The van der Waals surface area contributed by atoms with E-state index < -0.39 is 0 Å². The number of hydrogen-bond acceptors (Lipinski definition) is 7. The Balaban J connectivity index is 1.45. The van der Waals surface area contributed by atoms with Gasteiger partial charge in [-0.25, -0.2) is 14.6 Å². The smallest absolute Gasteiger partial charge is 0.190 e. The van der Waals surface area contributed by atoms with Crippen LogP contribution in [0.15, 0.2) is 24.4 Å². The predicted octanol–water partition coefficient (Wildman–Crippen LogP) is 4.29. The second-order valence-electron chi connectivity index (χ2n) is 9.49. The average molecular weight is 514 g/mol. The Morgan fingerprint density at radius 1 is 1.20 bits per heavy atom. The largest absolute Gasteiger partial charge is 0.396 e. The van der Waals surface area contributed by atoms with Crippen LogP contribution < -0.4 is 4.90 Å². The zero-order chi connectivity index (χ0) is 24.5. The number of nitrogens with zero attached hydrogens (tertiary/aromatic N) is 7. The second-order valence-corrected chi connectivity index (χ2v) is 10.3. The van der Waals surface area contributed by atoms with Crippen LogP contribution in [-0.4, -0.2) is 68.6 Å². The van der Waals surface area contributed by atoms with Crippen LogP contribution in [0, 0.1) is 17.2 Å². The predicted molar refractivity (Wildman–Crippen MR) is 137 cm³/mol. The lowest BCUT2D eigenvalue weighted by Gasteiger charge is -2.45. The number of likely N-dealkylation sites (tertiary alicyclic amines) is 1. The summed E-state index contributed by atoms with van der Waals surface area (Å²) in [5.74, 6) is 0.888. The molecule has 2 aliphatic rings. The summed E-state index contributed by atoms with van der Waals surface area (Å²) >= 11 is 12.5. The van der Waals surface area contributed by atoms with E-state index in [4.69, 9.17) is 28.2 Å². The highest BCUT2D eigenvalue weighted by Gasteiger charge is 2.34. The number of aliphatic hydroxyl groups excluding tert-OH is 1. The molecule has 35 heavy (non-hydrogen) atoms. The van der Waals surface area contributed by atoms with Gasteiger partial charge in [0.25, 0.3) is 0 Å². The van der Waals surface area contributed by atoms with Crippen molar-refractivity contribution < 1.29 is 5.11 Å². The molecule has 2 fully saturated rings. The van der Waals surface area contributed by atoms with E-state index in [0.717, 1.165) is 44.0 Å². The SMILES string of the molecule is C[C@H](c1ccc(Cl)cc1Cl)n1nc(C#N)c2ncc(N3CC[C@@H](N4CCCCC4)[C@@H](CO)C3)nc21. The first kappa shape index (κ1) is 24.3. The van der Waals surface area contributed by atoms with Crippen molar-refractivity contribution in [3.8, 4) is 6.07 Å². The molecule has 1 aromatic carbocycles. The van der Waals surface area contributed by atoms with E-state index in [0.29, 0.717) is 27.3 Å². The molecule has 0 bridgehead atoms. The van der Waals surface area contributed by atoms with Crippen molar-refractivity contribution in [1.82, 2.24) is 24.6 Å². The van der Waals surface area contributed by atoms with Crippen molar-refractivity contribution in [2.75, 3.05) is 37.7 Å². The van der Waals surface area contributed by atoms with Crippen molar-refractivity contribution in [2.45, 2.75) is 44.7 Å². The highest BCUT2D eigenvalue weighted by Crippen LogP contribution is 2.32. The van der Waals surface area contributed by atoms with Gasteiger partial charge >= 0.3 is 0 Å². The number of anilines is 1. The van der Waals surface area contributed by atoms with Crippen LogP contribution in [0.4, 0.5) is 5.82 Å². The summed E-state index contributed by atoms with van der Waals surface area (Å²) in [6.07, 6.45) is 6.46. The lowest BCUT2D eigenvalue weighted by molar-refractivity contribution is 0.0676. The van der Waals surface area contributed by atoms with Gasteiger partial charge < -0.3 is 10.0 Å². The Bertz CT molecular complexity index is 1250. The van der Waals surface area contributed by atoms with Crippen LogP contribution in [0.25, 0.3) is 11.2 Å². The lowest BCUT2D eigenvalue weighted by Crippen LogP contribution is -2.53. The zero-order valence-electron chi connectivity index (χ0n) is 19.7. The van der Waals surface area contributed by atoms with E-state index >= 15 is 0 Å². The van der Waals surface area contributed by atoms with Gasteiger partial charge in [-0.05, 0) is 57.0 Å². The van der Waals surface area contributed by atoms with Crippen LogP contribution in [0.1, 0.15) is 49.9 Å². The first-order valence-corrected chi connectivity index (χ1v) is 13.0. The fraction of sp³-hybridized carbons (Fsp3) is 0.520. The highest BCUT2D eigenvalue weighted by molar-refractivity contribution is 6.35. The number of piperidine rings is 2. The topological polar surface area (TPSA) is 94.1 Å². The molecule has 0 radical (unpaired) electrons. The van der Waals surface area contributed by atoms with E-state index in [-0.39, 0.29) is 24.3 Å². The number of rotatable bonds is 5. The van der Waals surface area contributed by atoms with Crippen molar-refractivity contribution in [1.29, 1.82) is 5.26 Å². The maximum absolute atomic E-state index is 10.2. The van der Waals surface area contributed by atoms with Gasteiger partial charge in [0.15, 0.2) is 11.3 Å². The van der Waals surface area contributed by atoms with Gasteiger partial charge in [-0.1, -0.05) is 35.7 Å². The van der Waals surface area contributed by atoms with E-state index in [1.54, 1.807) is 23.0 Å². The number of fused-ring (bicyclic) bond motifs is 1. The number of benzene rings is 1. The maximum Gasteiger partial charge on any atom is 0.190 e. The van der Waals surface area contributed by atoms with Crippen molar-refractivity contribution in [3.05, 3.63) is 45.7 Å². The van der Waals surface area contributed by atoms with E-state index in [9.17, 15) is 10.4 Å². The van der Waals surface area contributed by atoms with Crippen LogP contribution in [-0.2, 0) is 0 Å². The van der Waals surface area contributed by atoms with Gasteiger partial charge in [-0.3, -0.25) is 4.90 Å². The monoisotopic (exact) mass is 513 g/mol. The number of halogens is 2. The molecule has 1 N–H and O–H groups in total. The van der Waals surface area contributed by atoms with Crippen LogP contribution >= 0.6 is 23.2 Å². The van der Waals surface area contributed by atoms with Gasteiger partial charge in [0.1, 0.15) is 17.4 Å². The van der Waals surface area contributed by atoms with Crippen LogP contribution in [0.3, 0.4) is 0 Å². The van der Waals surface area contributed by atoms with Crippen LogP contribution in [0.5, 0.6) is 0 Å². The molecule has 0 amide bonds. The van der Waals surface area contributed by atoms with Crippen molar-refractivity contribution >= 4 is 40.2 Å². The van der Waals surface area contributed by atoms with Gasteiger partial charge in [0.05, 0.1) is 12.2 Å². The minimum absolute atomic E-state index is 0.149. The molecule has 0 spiro atoms. The third-order valence-corrected chi connectivity index (χ3v) is 7.95. The Hall–Kier alpha value is -2.44. The molecule has 3 atom stereocenters. The molecular formula is C25H29Cl2N7O. The van der Waals surface area contributed by atoms with Crippen molar-refractivity contribution in [2.24, 2.45) is 5.92 Å². The lowest BCUT2D eigenvalue weighted by atomic mass is 9.90. The minimum atomic E-state index is -0.274. The summed E-state index contributed by atoms with van der Waals surface area (Å²) in [4.78, 5) is 14.2. The Morgan fingerprint density at radius 3 is 2.71 bits per heavy atom. The summed E-state index contributed by atoms with van der Waals surface area (Å²) in [7, 11) is 0. The van der Waals surface area contributed by atoms with Gasteiger partial charge in [-0.2, -0.15) is 10.4 Å². The Kier molecular flexibility index (Phi) is 7.12. The van der Waals surface area contributed by atoms with Crippen LogP contribution in [0.2, 0.25) is 10.0 Å². The molecule has 0 saturated carbocycles. The summed E-state index contributed by atoms with van der Waals surface area (Å²) in [5.41, 5.74) is 2.07. The van der Waals surface area contributed by atoms with Crippen molar-refractivity contribution in [3.63, 3.8) is 0 Å². The van der Waals surface area contributed by atoms with E-state index in [2.05, 4.69) is 26.0 Å². The molecule has 5 rings (SSSR count). The average Bonchev–Trinajstić information content (AvgIpc) is 3.26. The first-order chi connectivity index (χ1) is 17.0. The second kappa shape index (κ2) is 10.3. The Labute approximate surface area is 215 Å². The number of nitriles is 1. The molecule has 184 valence electrons. The quantitative estimate of drug-likeness (QED) is 0.543. The molecule has 2 aliphatic heterocycles. The third kappa shape index (κ3) is 4.70. The van der Waals surface area contributed by atoms with E-state index in [1.165, 1.54) is 19.3 Å². The molecule has 2 aromatic heterocycles. The molecule has 4 heterocycles. The number of hydrogen-bond donors (Lipinski definition) is 1. The summed E-state index contributed by atoms with van der Waals surface area (Å²) in [5, 5.41) is 25.4. The normalized spacial score (nSPS) is 22.3. The first-order valence-electron chi connectivity index (χ1n) is 12.2. The minimum Gasteiger partial charge on any atom is -0.396 e. The van der Waals surface area contributed by atoms with Gasteiger partial charge in [0.2, 0.25) is 0 Å². The molecule has 0 unspecified atom stereocenters. The molecule has 0 aliphatic carbocycles. The summed E-state index contributed by atoms with van der Waals surface area (Å²) < 4.78 is 1.71. The third-order valence-electron chi connectivity index (χ3n) is 7.39. The van der Waals surface area contributed by atoms with Gasteiger partial charge in [-0.15, -0.1) is 0 Å². The zero-order valence-corrected chi connectivity index (χ0v) is 21.3. The number of aromatic nitrogens is 4. The molecule has 10 heteroatoms. The number of aliphatic hydroxyl groups is 1. The fourth-order valence-corrected chi connectivity index (χ4v) is 6.07. The van der Waals surface area contributed by atoms with Gasteiger partial charge in [0, 0.05) is 41.7 Å². The molecule has 2 saturated heterocycles. The molecule has 8 nitrogen and oxygen atoms in total.